The Morgan fingerprint density at radius 1 is 0.929 bits per heavy atom. The lowest BCUT2D eigenvalue weighted by atomic mass is 10.0. The molecule has 28 heavy (non-hydrogen) atoms. The van der Waals surface area contributed by atoms with Gasteiger partial charge < -0.3 is 4.74 Å². The smallest absolute Gasteiger partial charge is 0.157 e. The normalized spacial score (nSPS) is 11.2. The van der Waals surface area contributed by atoms with Crippen molar-refractivity contribution in [2.24, 2.45) is 0 Å². The van der Waals surface area contributed by atoms with E-state index in [2.05, 4.69) is 37.9 Å². The van der Waals surface area contributed by atoms with Crippen molar-refractivity contribution in [2.45, 2.75) is 6.61 Å². The van der Waals surface area contributed by atoms with Crippen LogP contribution < -0.4 is 4.74 Å². The maximum Gasteiger partial charge on any atom is 0.157 e. The van der Waals surface area contributed by atoms with Crippen molar-refractivity contribution < 1.29 is 4.74 Å². The molecule has 0 bridgehead atoms. The van der Waals surface area contributed by atoms with Crippen LogP contribution >= 0.6 is 55.1 Å². The summed E-state index contributed by atoms with van der Waals surface area (Å²) in [5.41, 5.74) is 3.06. The molecular formula is C22H13Br2Cl2NO. The Bertz CT molecular complexity index is 1030. The molecule has 0 aromatic heterocycles. The number of nitrogens with zero attached hydrogens (tertiary/aromatic N) is 1. The van der Waals surface area contributed by atoms with Gasteiger partial charge in [-0.1, -0.05) is 79.3 Å². The second-order valence-electron chi connectivity index (χ2n) is 5.91. The lowest BCUT2D eigenvalue weighted by Gasteiger charge is -2.11. The summed E-state index contributed by atoms with van der Waals surface area (Å²) in [7, 11) is 0. The monoisotopic (exact) mass is 535 g/mol. The Labute approximate surface area is 190 Å². The van der Waals surface area contributed by atoms with Crippen LogP contribution in [0.25, 0.3) is 11.6 Å². The molecule has 0 atom stereocenters. The lowest BCUT2D eigenvalue weighted by Crippen LogP contribution is -1.97. The van der Waals surface area contributed by atoms with E-state index in [4.69, 9.17) is 27.9 Å². The van der Waals surface area contributed by atoms with Crippen LogP contribution in [0.2, 0.25) is 10.0 Å². The summed E-state index contributed by atoms with van der Waals surface area (Å²) in [6, 6.07) is 21.0. The van der Waals surface area contributed by atoms with Crippen molar-refractivity contribution in [3.63, 3.8) is 0 Å². The van der Waals surface area contributed by atoms with E-state index in [1.807, 2.05) is 48.5 Å². The SMILES string of the molecule is N#C/C(=C\c1cc(Cl)c(OCc2ccc(Br)cc2)c(Cl)c1)c1ccc(Br)cc1. The molecule has 0 spiro atoms. The highest BCUT2D eigenvalue weighted by Crippen LogP contribution is 2.36. The van der Waals surface area contributed by atoms with Crippen molar-refractivity contribution in [3.05, 3.63) is 96.3 Å². The fourth-order valence-corrected chi connectivity index (χ4v) is 3.65. The average Bonchev–Trinajstić information content (AvgIpc) is 2.67. The summed E-state index contributed by atoms with van der Waals surface area (Å²) in [4.78, 5) is 0. The van der Waals surface area contributed by atoms with Crippen LogP contribution in [-0.2, 0) is 6.61 Å². The van der Waals surface area contributed by atoms with E-state index in [9.17, 15) is 5.26 Å². The van der Waals surface area contributed by atoms with E-state index in [0.29, 0.717) is 28.0 Å². The third kappa shape index (κ3) is 5.40. The van der Waals surface area contributed by atoms with Crippen LogP contribution in [0.3, 0.4) is 0 Å². The standard InChI is InChI=1S/C22H13Br2Cl2NO/c23-18-5-1-14(2-6-18)13-28-22-20(25)10-15(11-21(22)26)9-17(12-27)16-3-7-19(24)8-4-16/h1-11H,13H2/b17-9+. The highest BCUT2D eigenvalue weighted by atomic mass is 79.9. The molecule has 3 aromatic carbocycles. The molecule has 6 heteroatoms. The van der Waals surface area contributed by atoms with Crippen molar-refractivity contribution >= 4 is 66.7 Å². The van der Waals surface area contributed by atoms with Gasteiger partial charge in [-0.2, -0.15) is 5.26 Å². The van der Waals surface area contributed by atoms with Crippen LogP contribution in [0.1, 0.15) is 16.7 Å². The first-order valence-electron chi connectivity index (χ1n) is 8.20. The van der Waals surface area contributed by atoms with E-state index >= 15 is 0 Å². The van der Waals surface area contributed by atoms with Crippen molar-refractivity contribution in [1.82, 2.24) is 0 Å². The number of hydrogen-bond acceptors (Lipinski definition) is 2. The van der Waals surface area contributed by atoms with Gasteiger partial charge in [-0.05, 0) is 59.2 Å². The minimum Gasteiger partial charge on any atom is -0.486 e. The first-order valence-corrected chi connectivity index (χ1v) is 10.5. The molecule has 0 saturated heterocycles. The number of hydrogen-bond donors (Lipinski definition) is 0. The van der Waals surface area contributed by atoms with Gasteiger partial charge in [-0.15, -0.1) is 0 Å². The third-order valence-electron chi connectivity index (χ3n) is 3.90. The minimum atomic E-state index is 0.351. The highest BCUT2D eigenvalue weighted by Gasteiger charge is 2.11. The summed E-state index contributed by atoms with van der Waals surface area (Å²) in [5, 5.41) is 10.3. The average molecular weight is 538 g/mol. The molecule has 0 aliphatic carbocycles. The van der Waals surface area contributed by atoms with E-state index in [0.717, 1.165) is 25.6 Å². The molecule has 0 N–H and O–H groups in total. The molecule has 0 heterocycles. The van der Waals surface area contributed by atoms with Gasteiger partial charge in [-0.25, -0.2) is 0 Å². The van der Waals surface area contributed by atoms with Gasteiger partial charge in [-0.3, -0.25) is 0 Å². The predicted octanol–water partition coefficient (Wildman–Crippen LogP) is 8.16. The zero-order valence-corrected chi connectivity index (χ0v) is 19.1. The minimum absolute atomic E-state index is 0.351. The first-order chi connectivity index (χ1) is 13.5. The second kappa shape index (κ2) is 9.62. The lowest BCUT2D eigenvalue weighted by molar-refractivity contribution is 0.306. The fraction of sp³-hybridized carbons (Fsp3) is 0.0455. The molecule has 0 aliphatic heterocycles. The van der Waals surface area contributed by atoms with Gasteiger partial charge in [0, 0.05) is 8.95 Å². The molecule has 140 valence electrons. The van der Waals surface area contributed by atoms with E-state index < -0.39 is 0 Å². The zero-order chi connectivity index (χ0) is 20.1. The van der Waals surface area contributed by atoms with Crippen LogP contribution in [0.15, 0.2) is 69.6 Å². The molecule has 0 fully saturated rings. The summed E-state index contributed by atoms with van der Waals surface area (Å²) in [5.74, 6) is 0.422. The Morgan fingerprint density at radius 2 is 1.46 bits per heavy atom. The summed E-state index contributed by atoms with van der Waals surface area (Å²) >= 11 is 19.6. The quantitative estimate of drug-likeness (QED) is 0.243. The predicted molar refractivity (Wildman–Crippen MR) is 123 cm³/mol. The van der Waals surface area contributed by atoms with Crippen LogP contribution in [0.4, 0.5) is 0 Å². The molecule has 0 radical (unpaired) electrons. The Morgan fingerprint density at radius 3 is 2.00 bits per heavy atom. The topological polar surface area (TPSA) is 33.0 Å². The Kier molecular flexibility index (Phi) is 7.20. The molecule has 3 aromatic rings. The number of allylic oxidation sites excluding steroid dienone is 1. The Balaban J connectivity index is 1.83. The van der Waals surface area contributed by atoms with Crippen molar-refractivity contribution in [2.75, 3.05) is 0 Å². The number of nitriles is 1. The van der Waals surface area contributed by atoms with Crippen LogP contribution in [-0.4, -0.2) is 0 Å². The molecule has 2 nitrogen and oxygen atoms in total. The van der Waals surface area contributed by atoms with E-state index in [-0.39, 0.29) is 0 Å². The number of rotatable bonds is 5. The summed E-state index contributed by atoms with van der Waals surface area (Å²) < 4.78 is 7.76. The van der Waals surface area contributed by atoms with Crippen LogP contribution in [0.5, 0.6) is 5.75 Å². The summed E-state index contributed by atoms with van der Waals surface area (Å²) in [6.45, 7) is 0.351. The number of benzene rings is 3. The summed E-state index contributed by atoms with van der Waals surface area (Å²) in [6.07, 6.45) is 1.75. The Hall–Kier alpha value is -1.77. The first kappa shape index (κ1) is 21.0. The molecule has 0 unspecified atom stereocenters. The van der Waals surface area contributed by atoms with E-state index in [1.165, 1.54) is 0 Å². The molecule has 0 saturated carbocycles. The van der Waals surface area contributed by atoms with Gasteiger partial charge in [0.25, 0.3) is 0 Å². The van der Waals surface area contributed by atoms with Crippen LogP contribution in [0, 0.1) is 11.3 Å². The largest absolute Gasteiger partial charge is 0.486 e. The molecule has 0 amide bonds. The van der Waals surface area contributed by atoms with Gasteiger partial charge in [0.2, 0.25) is 0 Å². The number of ether oxygens (including phenoxy) is 1. The molecular weight excluding hydrogens is 525 g/mol. The fourth-order valence-electron chi connectivity index (χ4n) is 2.51. The van der Waals surface area contributed by atoms with Crippen molar-refractivity contribution in [3.8, 4) is 11.8 Å². The third-order valence-corrected chi connectivity index (χ3v) is 5.52. The molecule has 3 rings (SSSR count). The number of halogens is 4. The second-order valence-corrected chi connectivity index (χ2v) is 8.55. The van der Waals surface area contributed by atoms with Gasteiger partial charge in [0.1, 0.15) is 6.61 Å². The van der Waals surface area contributed by atoms with Gasteiger partial charge in [0.15, 0.2) is 5.75 Å². The maximum atomic E-state index is 9.51. The van der Waals surface area contributed by atoms with Gasteiger partial charge in [0.05, 0.1) is 21.7 Å². The zero-order valence-electron chi connectivity index (χ0n) is 14.4. The van der Waals surface area contributed by atoms with Gasteiger partial charge >= 0.3 is 0 Å². The maximum absolute atomic E-state index is 9.51. The van der Waals surface area contributed by atoms with E-state index in [1.54, 1.807) is 18.2 Å². The highest BCUT2D eigenvalue weighted by molar-refractivity contribution is 9.10. The molecule has 0 aliphatic rings. The van der Waals surface area contributed by atoms with Crippen molar-refractivity contribution in [1.29, 1.82) is 5.26 Å².